The second-order valence-corrected chi connectivity index (χ2v) is 7.46. The van der Waals surface area contributed by atoms with Gasteiger partial charge in [-0.15, -0.1) is 10.2 Å². The third-order valence-corrected chi connectivity index (χ3v) is 3.93. The Labute approximate surface area is 146 Å². The average molecular weight is 338 g/mol. The lowest BCUT2D eigenvalue weighted by molar-refractivity contribution is 0.00721. The molecular formula is C18H34N4O2. The standard InChI is InChI=1S/C15H26N4O2.C3H8/c1-6-12-9-11(13-17-16-10-18(13)5)7-8-19(12)14(20)21-15(2,3)4;1-3-2/h10-12H,6-9H2,1-5H3;3H2,1-2H3/t11-,12-;/m1./s1. The van der Waals surface area contributed by atoms with Crippen LogP contribution in [0.4, 0.5) is 4.79 Å². The Morgan fingerprint density at radius 2 is 1.96 bits per heavy atom. The van der Waals surface area contributed by atoms with Crippen molar-refractivity contribution in [2.45, 2.75) is 84.8 Å². The summed E-state index contributed by atoms with van der Waals surface area (Å²) in [6.45, 7) is 12.8. The van der Waals surface area contributed by atoms with Gasteiger partial charge in [0.05, 0.1) is 0 Å². The first-order valence-corrected chi connectivity index (χ1v) is 9.06. The highest BCUT2D eigenvalue weighted by molar-refractivity contribution is 5.68. The Hall–Kier alpha value is -1.59. The predicted octanol–water partition coefficient (Wildman–Crippen LogP) is 4.12. The molecule has 0 aromatic carbocycles. The fraction of sp³-hybridized carbons (Fsp3) is 0.833. The lowest BCUT2D eigenvalue weighted by Gasteiger charge is -2.39. The minimum Gasteiger partial charge on any atom is -0.444 e. The summed E-state index contributed by atoms with van der Waals surface area (Å²) in [6, 6.07) is 0.204. The van der Waals surface area contributed by atoms with Crippen molar-refractivity contribution in [3.05, 3.63) is 12.2 Å². The van der Waals surface area contributed by atoms with Crippen molar-refractivity contribution in [1.29, 1.82) is 0 Å². The number of likely N-dealkylation sites (tertiary alicyclic amines) is 1. The second-order valence-electron chi connectivity index (χ2n) is 7.46. The highest BCUT2D eigenvalue weighted by Crippen LogP contribution is 2.32. The van der Waals surface area contributed by atoms with Gasteiger partial charge in [0.2, 0.25) is 0 Å². The number of aromatic nitrogens is 3. The van der Waals surface area contributed by atoms with E-state index in [2.05, 4.69) is 31.0 Å². The van der Waals surface area contributed by atoms with Gasteiger partial charge in [-0.05, 0) is 40.0 Å². The number of piperidine rings is 1. The van der Waals surface area contributed by atoms with Crippen LogP contribution in [0.1, 0.15) is 79.0 Å². The Kier molecular flexibility index (Phi) is 7.70. The van der Waals surface area contributed by atoms with E-state index >= 15 is 0 Å². The summed E-state index contributed by atoms with van der Waals surface area (Å²) >= 11 is 0. The molecule has 1 aromatic heterocycles. The number of hydrogen-bond acceptors (Lipinski definition) is 4. The van der Waals surface area contributed by atoms with Gasteiger partial charge in [0.15, 0.2) is 0 Å². The molecule has 138 valence electrons. The van der Waals surface area contributed by atoms with Gasteiger partial charge in [-0.2, -0.15) is 0 Å². The highest BCUT2D eigenvalue weighted by atomic mass is 16.6. The maximum atomic E-state index is 12.3. The van der Waals surface area contributed by atoms with Crippen molar-refractivity contribution in [1.82, 2.24) is 19.7 Å². The van der Waals surface area contributed by atoms with E-state index in [4.69, 9.17) is 4.74 Å². The van der Waals surface area contributed by atoms with Crippen LogP contribution in [-0.2, 0) is 11.8 Å². The number of aryl methyl sites for hydroxylation is 1. The largest absolute Gasteiger partial charge is 0.444 e. The zero-order chi connectivity index (χ0) is 18.3. The van der Waals surface area contributed by atoms with Crippen LogP contribution < -0.4 is 0 Å². The maximum absolute atomic E-state index is 12.3. The monoisotopic (exact) mass is 338 g/mol. The van der Waals surface area contributed by atoms with Crippen LogP contribution in [0, 0.1) is 0 Å². The van der Waals surface area contributed by atoms with E-state index in [0.29, 0.717) is 12.5 Å². The van der Waals surface area contributed by atoms with Gasteiger partial charge in [0, 0.05) is 25.6 Å². The Morgan fingerprint density at radius 1 is 1.33 bits per heavy atom. The van der Waals surface area contributed by atoms with Crippen LogP contribution in [0.5, 0.6) is 0 Å². The van der Waals surface area contributed by atoms with E-state index in [9.17, 15) is 4.79 Å². The number of nitrogens with zero attached hydrogens (tertiary/aromatic N) is 4. The molecule has 0 radical (unpaired) electrons. The van der Waals surface area contributed by atoms with Crippen molar-refractivity contribution in [3.63, 3.8) is 0 Å². The molecule has 1 fully saturated rings. The van der Waals surface area contributed by atoms with Gasteiger partial charge < -0.3 is 14.2 Å². The van der Waals surface area contributed by atoms with Crippen molar-refractivity contribution in [2.75, 3.05) is 6.54 Å². The summed E-state index contributed by atoms with van der Waals surface area (Å²) in [5.74, 6) is 1.37. The Bertz CT molecular complexity index is 507. The van der Waals surface area contributed by atoms with Gasteiger partial charge in [-0.1, -0.05) is 27.2 Å². The van der Waals surface area contributed by atoms with Crippen LogP contribution in [-0.4, -0.2) is 43.9 Å². The minimum absolute atomic E-state index is 0.203. The van der Waals surface area contributed by atoms with Crippen LogP contribution in [0.2, 0.25) is 0 Å². The molecule has 0 spiro atoms. The molecule has 1 aliphatic rings. The predicted molar refractivity (Wildman–Crippen MR) is 96.0 cm³/mol. The van der Waals surface area contributed by atoms with Crippen LogP contribution in [0.25, 0.3) is 0 Å². The van der Waals surface area contributed by atoms with E-state index < -0.39 is 5.60 Å². The van der Waals surface area contributed by atoms with Crippen LogP contribution in [0.3, 0.4) is 0 Å². The molecule has 1 aliphatic heterocycles. The number of rotatable bonds is 2. The lowest BCUT2D eigenvalue weighted by Crippen LogP contribution is -2.47. The fourth-order valence-electron chi connectivity index (χ4n) is 2.90. The third-order valence-electron chi connectivity index (χ3n) is 3.93. The Morgan fingerprint density at radius 3 is 2.42 bits per heavy atom. The van der Waals surface area contributed by atoms with E-state index in [0.717, 1.165) is 25.1 Å². The number of amides is 1. The topological polar surface area (TPSA) is 60.2 Å². The molecule has 24 heavy (non-hydrogen) atoms. The van der Waals surface area contributed by atoms with Gasteiger partial charge in [0.1, 0.15) is 17.8 Å². The first kappa shape index (κ1) is 20.5. The van der Waals surface area contributed by atoms with Crippen molar-refractivity contribution >= 4 is 6.09 Å². The molecule has 0 unspecified atom stereocenters. The molecule has 1 aromatic rings. The zero-order valence-electron chi connectivity index (χ0n) is 16.4. The average Bonchev–Trinajstić information content (AvgIpc) is 2.91. The molecule has 2 rings (SSSR count). The number of ether oxygens (including phenoxy) is 1. The zero-order valence-corrected chi connectivity index (χ0v) is 16.4. The lowest BCUT2D eigenvalue weighted by atomic mass is 9.89. The molecular weight excluding hydrogens is 304 g/mol. The summed E-state index contributed by atoms with van der Waals surface area (Å²) in [7, 11) is 1.97. The maximum Gasteiger partial charge on any atom is 0.410 e. The normalized spacial score (nSPS) is 21.0. The highest BCUT2D eigenvalue weighted by Gasteiger charge is 2.35. The second kappa shape index (κ2) is 9.04. The first-order valence-electron chi connectivity index (χ1n) is 9.06. The van der Waals surface area contributed by atoms with E-state index in [1.165, 1.54) is 6.42 Å². The number of carbonyl (C=O) groups is 1. The molecule has 1 amide bonds. The summed E-state index contributed by atoms with van der Waals surface area (Å²) in [4.78, 5) is 14.2. The number of carbonyl (C=O) groups excluding carboxylic acids is 1. The molecule has 6 nitrogen and oxygen atoms in total. The van der Waals surface area contributed by atoms with Gasteiger partial charge in [0.25, 0.3) is 0 Å². The molecule has 0 aliphatic carbocycles. The Balaban J connectivity index is 0.000000891. The fourth-order valence-corrected chi connectivity index (χ4v) is 2.90. The molecule has 2 atom stereocenters. The summed E-state index contributed by atoms with van der Waals surface area (Å²) in [6.07, 6.45) is 5.53. The molecule has 0 saturated carbocycles. The third kappa shape index (κ3) is 5.80. The van der Waals surface area contributed by atoms with Crippen LogP contribution >= 0.6 is 0 Å². The van der Waals surface area contributed by atoms with E-state index in [-0.39, 0.29) is 12.1 Å². The van der Waals surface area contributed by atoms with E-state index in [1.54, 1.807) is 6.33 Å². The SMILES string of the molecule is CCC.CC[C@@H]1C[C@H](c2nncn2C)CCN1C(=O)OC(C)(C)C. The van der Waals surface area contributed by atoms with Crippen LogP contribution in [0.15, 0.2) is 6.33 Å². The van der Waals surface area contributed by atoms with E-state index in [1.807, 2.05) is 37.3 Å². The first-order chi connectivity index (χ1) is 11.2. The van der Waals surface area contributed by atoms with Crippen molar-refractivity contribution < 1.29 is 9.53 Å². The quantitative estimate of drug-likeness (QED) is 0.813. The molecule has 6 heteroatoms. The molecule has 1 saturated heterocycles. The molecule has 0 N–H and O–H groups in total. The van der Waals surface area contributed by atoms with Crippen molar-refractivity contribution in [2.24, 2.45) is 7.05 Å². The van der Waals surface area contributed by atoms with Crippen molar-refractivity contribution in [3.8, 4) is 0 Å². The smallest absolute Gasteiger partial charge is 0.410 e. The summed E-state index contributed by atoms with van der Waals surface area (Å²) < 4.78 is 7.49. The number of hydrogen-bond donors (Lipinski definition) is 0. The summed E-state index contributed by atoms with van der Waals surface area (Å²) in [5.41, 5.74) is -0.449. The van der Waals surface area contributed by atoms with Gasteiger partial charge in [-0.3, -0.25) is 0 Å². The molecule has 2 heterocycles. The van der Waals surface area contributed by atoms with Gasteiger partial charge >= 0.3 is 6.09 Å². The minimum atomic E-state index is -0.449. The van der Waals surface area contributed by atoms with Gasteiger partial charge in [-0.25, -0.2) is 4.79 Å². The molecule has 0 bridgehead atoms. The summed E-state index contributed by atoms with van der Waals surface area (Å²) in [5, 5.41) is 8.17.